The minimum Gasteiger partial charge on any atom is -0.415 e. The number of benzene rings is 1. The summed E-state index contributed by atoms with van der Waals surface area (Å²) in [5, 5.41) is 2.73. The Morgan fingerprint density at radius 2 is 1.84 bits per heavy atom. The highest BCUT2D eigenvalue weighted by atomic mass is 19.3. The van der Waals surface area contributed by atoms with E-state index >= 15 is 0 Å². The van der Waals surface area contributed by atoms with Crippen LogP contribution in [-0.2, 0) is 4.79 Å². The van der Waals surface area contributed by atoms with Gasteiger partial charge in [-0.15, -0.1) is 0 Å². The van der Waals surface area contributed by atoms with Crippen molar-refractivity contribution in [2.24, 2.45) is 5.92 Å². The van der Waals surface area contributed by atoms with E-state index in [1.807, 2.05) is 24.3 Å². The Hall–Kier alpha value is -3.03. The number of anilines is 2. The lowest BCUT2D eigenvalue weighted by Crippen LogP contribution is -2.45. The van der Waals surface area contributed by atoms with E-state index < -0.39 is 12.6 Å². The number of carbonyl (C=O) groups excluding carboxylic acids is 2. The minimum absolute atomic E-state index is 0.00356. The zero-order chi connectivity index (χ0) is 23.3. The molecule has 0 atom stereocenters. The third-order valence-corrected chi connectivity index (χ3v) is 5.78. The molecule has 1 saturated carbocycles. The first-order valence-corrected chi connectivity index (χ1v) is 10.9. The maximum absolute atomic E-state index is 13.5. The molecule has 2 amide bonds. The van der Waals surface area contributed by atoms with Crippen LogP contribution in [0.25, 0.3) is 0 Å². The standard InChI is InChI=1S/C24H29F2N3O3/c1-15(2)19-6-4-5-7-21(19)29(18-11-9-17(14-30)10-12-18)24(31)28-20-13-8-16(3)27-22(20)32-23(25)26/h4-8,13-15,17-18,23H,9-12H2,1-3H3,(H,28,31). The maximum Gasteiger partial charge on any atom is 0.388 e. The topological polar surface area (TPSA) is 71.5 Å². The predicted octanol–water partition coefficient (Wildman–Crippen LogP) is 5.91. The second-order valence-electron chi connectivity index (χ2n) is 8.40. The quantitative estimate of drug-likeness (QED) is 0.538. The predicted molar refractivity (Wildman–Crippen MR) is 119 cm³/mol. The highest BCUT2D eigenvalue weighted by molar-refractivity contribution is 6.03. The first-order chi connectivity index (χ1) is 15.3. The van der Waals surface area contributed by atoms with Crippen molar-refractivity contribution < 1.29 is 23.1 Å². The van der Waals surface area contributed by atoms with Crippen LogP contribution in [0, 0.1) is 12.8 Å². The lowest BCUT2D eigenvalue weighted by molar-refractivity contribution is -0.111. The molecule has 1 N–H and O–H groups in total. The number of carbonyl (C=O) groups is 2. The van der Waals surface area contributed by atoms with Gasteiger partial charge in [0.05, 0.1) is 0 Å². The van der Waals surface area contributed by atoms with Gasteiger partial charge in [0.1, 0.15) is 12.0 Å². The Labute approximate surface area is 187 Å². The first kappa shape index (κ1) is 23.6. The largest absolute Gasteiger partial charge is 0.415 e. The summed E-state index contributed by atoms with van der Waals surface area (Å²) < 4.78 is 30.3. The Morgan fingerprint density at radius 1 is 1.16 bits per heavy atom. The maximum atomic E-state index is 13.5. The molecule has 1 aromatic heterocycles. The van der Waals surface area contributed by atoms with Crippen molar-refractivity contribution in [2.75, 3.05) is 10.2 Å². The number of halogens is 2. The summed E-state index contributed by atoms with van der Waals surface area (Å²) in [4.78, 5) is 30.4. The lowest BCUT2D eigenvalue weighted by atomic mass is 9.85. The monoisotopic (exact) mass is 445 g/mol. The summed E-state index contributed by atoms with van der Waals surface area (Å²) in [5.41, 5.74) is 2.35. The second kappa shape index (κ2) is 10.5. The van der Waals surface area contributed by atoms with E-state index in [1.165, 1.54) is 6.07 Å². The van der Waals surface area contributed by atoms with Gasteiger partial charge in [-0.3, -0.25) is 4.90 Å². The van der Waals surface area contributed by atoms with E-state index in [0.717, 1.165) is 17.5 Å². The van der Waals surface area contributed by atoms with Crippen molar-refractivity contribution in [2.45, 2.75) is 65.0 Å². The molecule has 0 unspecified atom stereocenters. The molecule has 32 heavy (non-hydrogen) atoms. The van der Waals surface area contributed by atoms with Crippen LogP contribution in [0.15, 0.2) is 36.4 Å². The van der Waals surface area contributed by atoms with Crippen LogP contribution >= 0.6 is 0 Å². The molecule has 0 radical (unpaired) electrons. The van der Waals surface area contributed by atoms with Gasteiger partial charge in [0.2, 0.25) is 5.88 Å². The molecule has 3 rings (SSSR count). The van der Waals surface area contributed by atoms with Gasteiger partial charge >= 0.3 is 12.6 Å². The van der Waals surface area contributed by atoms with E-state index in [4.69, 9.17) is 0 Å². The Kier molecular flexibility index (Phi) is 7.77. The third-order valence-electron chi connectivity index (χ3n) is 5.78. The number of urea groups is 1. The minimum atomic E-state index is -3.06. The number of aldehydes is 1. The van der Waals surface area contributed by atoms with Crippen LogP contribution < -0.4 is 15.0 Å². The van der Waals surface area contributed by atoms with Crippen LogP contribution in [0.1, 0.15) is 56.7 Å². The van der Waals surface area contributed by atoms with E-state index in [9.17, 15) is 18.4 Å². The molecule has 1 aliphatic carbocycles. The summed E-state index contributed by atoms with van der Waals surface area (Å²) in [7, 11) is 0. The normalized spacial score (nSPS) is 18.5. The van der Waals surface area contributed by atoms with Crippen LogP contribution in [-0.4, -0.2) is 30.0 Å². The Balaban J connectivity index is 1.96. The molecule has 0 bridgehead atoms. The molecule has 6 nitrogen and oxygen atoms in total. The van der Waals surface area contributed by atoms with Gasteiger partial charge in [-0.25, -0.2) is 9.78 Å². The van der Waals surface area contributed by atoms with Crippen LogP contribution in [0.3, 0.4) is 0 Å². The number of alkyl halides is 2. The van der Waals surface area contributed by atoms with Crippen LogP contribution in [0.4, 0.5) is 25.0 Å². The number of nitrogens with zero attached hydrogens (tertiary/aromatic N) is 2. The molecule has 0 spiro atoms. The van der Waals surface area contributed by atoms with Crippen molar-refractivity contribution in [3.8, 4) is 5.88 Å². The molecule has 8 heteroatoms. The summed E-state index contributed by atoms with van der Waals surface area (Å²) in [6, 6.07) is 10.2. The zero-order valence-electron chi connectivity index (χ0n) is 18.6. The van der Waals surface area contributed by atoms with Crippen molar-refractivity contribution in [3.05, 3.63) is 47.7 Å². The molecule has 1 heterocycles. The molecule has 0 aliphatic heterocycles. The van der Waals surface area contributed by atoms with Gasteiger partial charge in [-0.05, 0) is 62.3 Å². The Morgan fingerprint density at radius 3 is 2.47 bits per heavy atom. The zero-order valence-corrected chi connectivity index (χ0v) is 18.6. The third kappa shape index (κ3) is 5.60. The van der Waals surface area contributed by atoms with Crippen LogP contribution in [0.5, 0.6) is 5.88 Å². The molecule has 172 valence electrons. The highest BCUT2D eigenvalue weighted by Crippen LogP contribution is 2.35. The number of aromatic nitrogens is 1. The van der Waals surface area contributed by atoms with Crippen molar-refractivity contribution in [1.29, 1.82) is 0 Å². The number of rotatable bonds is 7. The van der Waals surface area contributed by atoms with Crippen LogP contribution in [0.2, 0.25) is 0 Å². The molecule has 1 aliphatic rings. The number of hydrogen-bond acceptors (Lipinski definition) is 4. The van der Waals surface area contributed by atoms with Crippen molar-refractivity contribution in [3.63, 3.8) is 0 Å². The second-order valence-corrected chi connectivity index (χ2v) is 8.40. The molecule has 0 saturated heterocycles. The average Bonchev–Trinajstić information content (AvgIpc) is 2.76. The van der Waals surface area contributed by atoms with Gasteiger partial charge in [-0.2, -0.15) is 8.78 Å². The van der Waals surface area contributed by atoms with Crippen molar-refractivity contribution >= 4 is 23.7 Å². The number of aryl methyl sites for hydroxylation is 1. The van der Waals surface area contributed by atoms with E-state index in [2.05, 4.69) is 28.9 Å². The summed E-state index contributed by atoms with van der Waals surface area (Å²) in [6.45, 7) is 2.70. The van der Waals surface area contributed by atoms with Gasteiger partial charge in [0, 0.05) is 23.3 Å². The SMILES string of the molecule is Cc1ccc(NC(=O)N(c2ccccc2C(C)C)C2CCC(C=O)CC2)c(OC(F)F)n1. The molecule has 1 fully saturated rings. The fourth-order valence-corrected chi connectivity index (χ4v) is 4.14. The number of amides is 2. The van der Waals surface area contributed by atoms with Crippen molar-refractivity contribution in [1.82, 2.24) is 4.98 Å². The highest BCUT2D eigenvalue weighted by Gasteiger charge is 2.32. The summed E-state index contributed by atoms with van der Waals surface area (Å²) in [6.07, 6.45) is 3.74. The van der Waals surface area contributed by atoms with E-state index in [0.29, 0.717) is 31.4 Å². The summed E-state index contributed by atoms with van der Waals surface area (Å²) in [5.74, 6) is -0.148. The smallest absolute Gasteiger partial charge is 0.388 e. The van der Waals surface area contributed by atoms with Gasteiger partial charge in [-0.1, -0.05) is 32.0 Å². The average molecular weight is 446 g/mol. The van der Waals surface area contributed by atoms with Gasteiger partial charge in [0.15, 0.2) is 0 Å². The number of ether oxygens (including phenoxy) is 1. The molecular weight excluding hydrogens is 416 g/mol. The van der Waals surface area contributed by atoms with Gasteiger partial charge in [0.25, 0.3) is 0 Å². The fourth-order valence-electron chi connectivity index (χ4n) is 4.14. The number of nitrogens with one attached hydrogen (secondary N) is 1. The number of hydrogen-bond donors (Lipinski definition) is 1. The van der Waals surface area contributed by atoms with Gasteiger partial charge < -0.3 is 14.8 Å². The fraction of sp³-hybridized carbons (Fsp3) is 0.458. The Bertz CT molecular complexity index is 944. The van der Waals surface area contributed by atoms with E-state index in [1.54, 1.807) is 17.9 Å². The van der Waals surface area contributed by atoms with E-state index in [-0.39, 0.29) is 29.4 Å². The first-order valence-electron chi connectivity index (χ1n) is 10.9. The molecule has 1 aromatic carbocycles. The molecule has 2 aromatic rings. The number of pyridine rings is 1. The number of para-hydroxylation sites is 1. The lowest BCUT2D eigenvalue weighted by Gasteiger charge is -2.37. The summed E-state index contributed by atoms with van der Waals surface area (Å²) >= 11 is 0. The molecular formula is C24H29F2N3O3.